The van der Waals surface area contributed by atoms with Gasteiger partial charge in [0.25, 0.3) is 0 Å². The molecule has 0 aliphatic carbocycles. The standard InChI is InChI=1S/C14H17NO2S/c1-11-14(7-9-16-11)18-10-4-8-17-13-6-3-2-5-12(13)15/h2-3,5-7,9H,4,8,10,15H2,1H3. The number of benzene rings is 1. The number of hydrogen-bond acceptors (Lipinski definition) is 4. The number of rotatable bonds is 6. The van der Waals surface area contributed by atoms with E-state index in [4.69, 9.17) is 14.9 Å². The number of thioether (sulfide) groups is 1. The molecule has 1 heterocycles. The fourth-order valence-corrected chi connectivity index (χ4v) is 2.44. The molecule has 3 nitrogen and oxygen atoms in total. The monoisotopic (exact) mass is 263 g/mol. The molecule has 2 aromatic rings. The van der Waals surface area contributed by atoms with Gasteiger partial charge in [0, 0.05) is 10.6 Å². The first-order valence-corrected chi connectivity index (χ1v) is 6.90. The van der Waals surface area contributed by atoms with Gasteiger partial charge in [-0.15, -0.1) is 11.8 Å². The van der Waals surface area contributed by atoms with E-state index in [0.717, 1.165) is 23.7 Å². The van der Waals surface area contributed by atoms with Gasteiger partial charge in [0.1, 0.15) is 11.5 Å². The quantitative estimate of drug-likeness (QED) is 0.490. The minimum Gasteiger partial charge on any atom is -0.491 e. The third-order valence-electron chi connectivity index (χ3n) is 2.53. The summed E-state index contributed by atoms with van der Waals surface area (Å²) in [6.07, 6.45) is 2.70. The van der Waals surface area contributed by atoms with Crippen molar-refractivity contribution >= 4 is 17.4 Å². The molecule has 0 aliphatic rings. The van der Waals surface area contributed by atoms with Crippen LogP contribution in [0.5, 0.6) is 5.75 Å². The maximum Gasteiger partial charge on any atom is 0.142 e. The highest BCUT2D eigenvalue weighted by Crippen LogP contribution is 2.24. The first-order valence-electron chi connectivity index (χ1n) is 5.91. The molecule has 2 rings (SSSR count). The average molecular weight is 263 g/mol. The second-order valence-corrected chi connectivity index (χ2v) is 5.07. The molecule has 0 saturated heterocycles. The zero-order valence-corrected chi connectivity index (χ0v) is 11.2. The van der Waals surface area contributed by atoms with Gasteiger partial charge in [0.2, 0.25) is 0 Å². The number of nitrogen functional groups attached to an aromatic ring is 1. The molecule has 0 aliphatic heterocycles. The van der Waals surface area contributed by atoms with Crippen molar-refractivity contribution in [1.82, 2.24) is 0 Å². The summed E-state index contributed by atoms with van der Waals surface area (Å²) in [6.45, 7) is 2.65. The maximum atomic E-state index is 5.79. The number of nitrogens with two attached hydrogens (primary N) is 1. The zero-order valence-electron chi connectivity index (χ0n) is 10.4. The molecule has 0 radical (unpaired) electrons. The lowest BCUT2D eigenvalue weighted by Gasteiger charge is -2.07. The highest BCUT2D eigenvalue weighted by atomic mass is 32.2. The van der Waals surface area contributed by atoms with E-state index < -0.39 is 0 Å². The molecule has 0 saturated carbocycles. The van der Waals surface area contributed by atoms with Crippen LogP contribution >= 0.6 is 11.8 Å². The predicted molar refractivity (Wildman–Crippen MR) is 75.1 cm³/mol. The van der Waals surface area contributed by atoms with E-state index in [0.29, 0.717) is 12.3 Å². The number of aryl methyl sites for hydroxylation is 1. The summed E-state index contributed by atoms with van der Waals surface area (Å²) in [6, 6.07) is 9.56. The van der Waals surface area contributed by atoms with Crippen LogP contribution in [0.25, 0.3) is 0 Å². The smallest absolute Gasteiger partial charge is 0.142 e. The first-order chi connectivity index (χ1) is 8.77. The molecule has 0 amide bonds. The Morgan fingerprint density at radius 3 is 2.83 bits per heavy atom. The van der Waals surface area contributed by atoms with Gasteiger partial charge in [-0.25, -0.2) is 0 Å². The Balaban J connectivity index is 1.68. The summed E-state index contributed by atoms with van der Waals surface area (Å²) < 4.78 is 10.9. The summed E-state index contributed by atoms with van der Waals surface area (Å²) in [4.78, 5) is 1.20. The number of anilines is 1. The minimum absolute atomic E-state index is 0.679. The summed E-state index contributed by atoms with van der Waals surface area (Å²) >= 11 is 1.79. The van der Waals surface area contributed by atoms with Crippen molar-refractivity contribution in [2.24, 2.45) is 0 Å². The Morgan fingerprint density at radius 2 is 2.11 bits per heavy atom. The van der Waals surface area contributed by atoms with Crippen LogP contribution < -0.4 is 10.5 Å². The lowest BCUT2D eigenvalue weighted by molar-refractivity contribution is 0.320. The number of ether oxygens (including phenoxy) is 1. The van der Waals surface area contributed by atoms with Crippen molar-refractivity contribution in [3.63, 3.8) is 0 Å². The van der Waals surface area contributed by atoms with Gasteiger partial charge in [-0.2, -0.15) is 0 Å². The molecule has 1 aromatic heterocycles. The summed E-state index contributed by atoms with van der Waals surface area (Å²) in [7, 11) is 0. The van der Waals surface area contributed by atoms with Crippen molar-refractivity contribution in [3.8, 4) is 5.75 Å². The van der Waals surface area contributed by atoms with Gasteiger partial charge >= 0.3 is 0 Å². The highest BCUT2D eigenvalue weighted by molar-refractivity contribution is 7.99. The van der Waals surface area contributed by atoms with E-state index in [1.165, 1.54) is 4.90 Å². The Bertz CT molecular complexity index is 496. The summed E-state index contributed by atoms with van der Waals surface area (Å²) in [5.41, 5.74) is 6.48. The fraction of sp³-hybridized carbons (Fsp3) is 0.286. The molecule has 0 spiro atoms. The largest absolute Gasteiger partial charge is 0.491 e. The molecule has 2 N–H and O–H groups in total. The Hall–Kier alpha value is -1.55. The Kier molecular flexibility index (Phi) is 4.59. The lowest BCUT2D eigenvalue weighted by Crippen LogP contribution is -2.01. The Morgan fingerprint density at radius 1 is 1.28 bits per heavy atom. The molecule has 96 valence electrons. The van der Waals surface area contributed by atoms with Crippen LogP contribution in [0.2, 0.25) is 0 Å². The number of hydrogen-bond donors (Lipinski definition) is 1. The SMILES string of the molecule is Cc1occc1SCCCOc1ccccc1N. The normalized spacial score (nSPS) is 10.5. The van der Waals surface area contributed by atoms with Crippen molar-refractivity contribution < 1.29 is 9.15 Å². The Labute approximate surface area is 111 Å². The topological polar surface area (TPSA) is 48.4 Å². The van der Waals surface area contributed by atoms with Gasteiger partial charge in [-0.3, -0.25) is 0 Å². The van der Waals surface area contributed by atoms with E-state index in [1.54, 1.807) is 18.0 Å². The number of furan rings is 1. The molecule has 0 unspecified atom stereocenters. The van der Waals surface area contributed by atoms with E-state index in [9.17, 15) is 0 Å². The minimum atomic E-state index is 0.679. The van der Waals surface area contributed by atoms with Gasteiger partial charge in [-0.05, 0) is 31.5 Å². The van der Waals surface area contributed by atoms with Crippen molar-refractivity contribution in [1.29, 1.82) is 0 Å². The molecule has 18 heavy (non-hydrogen) atoms. The summed E-state index contributed by atoms with van der Waals surface area (Å²) in [5.74, 6) is 2.75. The van der Waals surface area contributed by atoms with Crippen LogP contribution in [0, 0.1) is 6.92 Å². The van der Waals surface area contributed by atoms with E-state index in [1.807, 2.05) is 37.3 Å². The molecular weight excluding hydrogens is 246 g/mol. The van der Waals surface area contributed by atoms with Gasteiger partial charge in [0.15, 0.2) is 0 Å². The first kappa shape index (κ1) is 12.9. The molecule has 1 aromatic carbocycles. The summed E-state index contributed by atoms with van der Waals surface area (Å²) in [5, 5.41) is 0. The lowest BCUT2D eigenvalue weighted by atomic mass is 10.3. The van der Waals surface area contributed by atoms with Crippen LogP contribution in [-0.4, -0.2) is 12.4 Å². The van der Waals surface area contributed by atoms with Crippen molar-refractivity contribution in [2.45, 2.75) is 18.2 Å². The van der Waals surface area contributed by atoms with Crippen LogP contribution in [0.3, 0.4) is 0 Å². The second-order valence-electron chi connectivity index (χ2n) is 3.93. The van der Waals surface area contributed by atoms with E-state index in [2.05, 4.69) is 0 Å². The van der Waals surface area contributed by atoms with Crippen LogP contribution in [0.1, 0.15) is 12.2 Å². The molecule has 0 bridgehead atoms. The van der Waals surface area contributed by atoms with Gasteiger partial charge < -0.3 is 14.9 Å². The van der Waals surface area contributed by atoms with Crippen LogP contribution in [0.15, 0.2) is 45.9 Å². The van der Waals surface area contributed by atoms with Gasteiger partial charge in [0.05, 0.1) is 18.6 Å². The maximum absolute atomic E-state index is 5.79. The average Bonchev–Trinajstić information content (AvgIpc) is 2.77. The van der Waals surface area contributed by atoms with E-state index in [-0.39, 0.29) is 0 Å². The van der Waals surface area contributed by atoms with Crippen LogP contribution in [-0.2, 0) is 0 Å². The van der Waals surface area contributed by atoms with E-state index >= 15 is 0 Å². The van der Waals surface area contributed by atoms with Crippen molar-refractivity contribution in [2.75, 3.05) is 18.1 Å². The van der Waals surface area contributed by atoms with Crippen LogP contribution in [0.4, 0.5) is 5.69 Å². The highest BCUT2D eigenvalue weighted by Gasteiger charge is 2.02. The molecule has 4 heteroatoms. The molecule has 0 atom stereocenters. The number of para-hydroxylation sites is 2. The van der Waals surface area contributed by atoms with Crippen molar-refractivity contribution in [3.05, 3.63) is 42.4 Å². The second kappa shape index (κ2) is 6.40. The zero-order chi connectivity index (χ0) is 12.8. The molecular formula is C14H17NO2S. The molecule has 0 fully saturated rings. The fourth-order valence-electron chi connectivity index (χ4n) is 1.56. The third kappa shape index (κ3) is 3.47. The van der Waals surface area contributed by atoms with Gasteiger partial charge in [-0.1, -0.05) is 12.1 Å². The third-order valence-corrected chi connectivity index (χ3v) is 3.76. The predicted octanol–water partition coefficient (Wildman–Crippen LogP) is 3.73.